The molecule has 0 aliphatic carbocycles. The van der Waals surface area contributed by atoms with Crippen LogP contribution in [0.1, 0.15) is 19.3 Å². The second kappa shape index (κ2) is 7.22. The predicted octanol–water partition coefficient (Wildman–Crippen LogP) is 2.60. The van der Waals surface area contributed by atoms with Gasteiger partial charge in [-0.05, 0) is 38.1 Å². The molecule has 0 spiro atoms. The third-order valence-corrected chi connectivity index (χ3v) is 3.78. The molecule has 1 fully saturated rings. The van der Waals surface area contributed by atoms with E-state index in [1.807, 2.05) is 0 Å². The average Bonchev–Trinajstić information content (AvgIpc) is 2.33. The maximum atomic E-state index is 3.47. The van der Waals surface area contributed by atoms with Crippen LogP contribution < -0.4 is 0 Å². The summed E-state index contributed by atoms with van der Waals surface area (Å²) in [5.41, 5.74) is 0. The average molecular weight is 252 g/mol. The van der Waals surface area contributed by atoms with Crippen LogP contribution in [0.4, 0.5) is 0 Å². The fourth-order valence-electron chi connectivity index (χ4n) is 1.45. The molecule has 0 aromatic carbocycles. The van der Waals surface area contributed by atoms with Gasteiger partial charge in [-0.3, -0.25) is 0 Å². The van der Waals surface area contributed by atoms with Crippen LogP contribution in [0.15, 0.2) is 0 Å². The highest BCUT2D eigenvalue weighted by Gasteiger charge is 2.07. The number of rotatable bonds is 4. The normalized spacial score (nSPS) is 20.8. The summed E-state index contributed by atoms with van der Waals surface area (Å²) in [6.45, 7) is 3.95. The number of alkyl halides is 1. The Kier molecular flexibility index (Phi) is 6.54. The van der Waals surface area contributed by atoms with Crippen LogP contribution in [-0.4, -0.2) is 41.4 Å². The zero-order valence-electron chi connectivity index (χ0n) is 7.60. The Morgan fingerprint density at radius 1 is 1.17 bits per heavy atom. The van der Waals surface area contributed by atoms with Gasteiger partial charge in [0, 0.05) is 17.6 Å². The van der Waals surface area contributed by atoms with Gasteiger partial charge < -0.3 is 4.90 Å². The van der Waals surface area contributed by atoms with E-state index in [1.165, 1.54) is 50.4 Å². The van der Waals surface area contributed by atoms with Crippen molar-refractivity contribution in [3.63, 3.8) is 0 Å². The maximum absolute atomic E-state index is 3.47. The van der Waals surface area contributed by atoms with E-state index >= 15 is 0 Å². The first kappa shape index (κ1) is 10.9. The molecule has 1 nitrogen and oxygen atoms in total. The largest absolute Gasteiger partial charge is 0.302 e. The van der Waals surface area contributed by atoms with Gasteiger partial charge in [0.2, 0.25) is 0 Å². The molecule has 1 aliphatic rings. The number of nitrogens with zero attached hydrogens (tertiary/aromatic N) is 1. The number of thioether (sulfide) groups is 1. The van der Waals surface area contributed by atoms with Crippen LogP contribution in [0.25, 0.3) is 0 Å². The van der Waals surface area contributed by atoms with E-state index in [1.54, 1.807) is 0 Å². The molecule has 0 radical (unpaired) electrons. The van der Waals surface area contributed by atoms with Crippen molar-refractivity contribution >= 4 is 27.7 Å². The molecule has 0 atom stereocenters. The Labute approximate surface area is 88.4 Å². The van der Waals surface area contributed by atoms with Gasteiger partial charge in [0.05, 0.1) is 0 Å². The number of hydrogen-bond donors (Lipinski definition) is 0. The second-order valence-electron chi connectivity index (χ2n) is 3.20. The second-order valence-corrected chi connectivity index (χ2v) is 5.22. The van der Waals surface area contributed by atoms with Crippen LogP contribution >= 0.6 is 27.7 Å². The summed E-state index contributed by atoms with van der Waals surface area (Å²) in [6.07, 6.45) is 4.07. The fourth-order valence-corrected chi connectivity index (χ4v) is 2.77. The molecule has 72 valence electrons. The predicted molar refractivity (Wildman–Crippen MR) is 61.4 cm³/mol. The molecule has 0 unspecified atom stereocenters. The molecular formula is C9H18BrNS. The van der Waals surface area contributed by atoms with E-state index in [0.29, 0.717) is 0 Å². The van der Waals surface area contributed by atoms with Gasteiger partial charge in [0.1, 0.15) is 0 Å². The van der Waals surface area contributed by atoms with E-state index in [4.69, 9.17) is 0 Å². The van der Waals surface area contributed by atoms with Gasteiger partial charge in [-0.25, -0.2) is 0 Å². The van der Waals surface area contributed by atoms with Crippen LogP contribution in [0.2, 0.25) is 0 Å². The highest BCUT2D eigenvalue weighted by atomic mass is 79.9. The van der Waals surface area contributed by atoms with Crippen molar-refractivity contribution in [2.45, 2.75) is 19.3 Å². The fraction of sp³-hybridized carbons (Fsp3) is 1.00. The molecule has 0 amide bonds. The van der Waals surface area contributed by atoms with Crippen LogP contribution in [0.5, 0.6) is 0 Å². The van der Waals surface area contributed by atoms with Gasteiger partial charge >= 0.3 is 0 Å². The lowest BCUT2D eigenvalue weighted by Gasteiger charge is -2.18. The van der Waals surface area contributed by atoms with Crippen molar-refractivity contribution in [2.24, 2.45) is 0 Å². The Morgan fingerprint density at radius 3 is 2.92 bits per heavy atom. The minimum Gasteiger partial charge on any atom is -0.302 e. The van der Waals surface area contributed by atoms with E-state index in [0.717, 1.165) is 5.33 Å². The molecule has 0 saturated carbocycles. The first-order valence-corrected chi connectivity index (χ1v) is 7.07. The highest BCUT2D eigenvalue weighted by molar-refractivity contribution is 9.09. The Morgan fingerprint density at radius 2 is 2.08 bits per heavy atom. The van der Waals surface area contributed by atoms with Crippen LogP contribution in [-0.2, 0) is 0 Å². The molecular weight excluding hydrogens is 234 g/mol. The summed E-state index contributed by atoms with van der Waals surface area (Å²) in [5.74, 6) is 2.71. The van der Waals surface area contributed by atoms with Crippen molar-refractivity contribution in [3.8, 4) is 0 Å². The molecule has 0 aromatic rings. The van der Waals surface area contributed by atoms with Crippen molar-refractivity contribution in [1.82, 2.24) is 4.90 Å². The van der Waals surface area contributed by atoms with Gasteiger partial charge in [0.25, 0.3) is 0 Å². The zero-order chi connectivity index (χ0) is 8.65. The van der Waals surface area contributed by atoms with Crippen molar-refractivity contribution < 1.29 is 0 Å². The summed E-state index contributed by atoms with van der Waals surface area (Å²) in [5, 5.41) is 1.16. The number of hydrogen-bond acceptors (Lipinski definition) is 2. The Bertz CT molecular complexity index is 103. The minimum absolute atomic E-state index is 1.16. The van der Waals surface area contributed by atoms with Crippen LogP contribution in [0.3, 0.4) is 0 Å². The maximum Gasteiger partial charge on any atom is 0.00723 e. The van der Waals surface area contributed by atoms with Crippen molar-refractivity contribution in [3.05, 3.63) is 0 Å². The summed E-state index contributed by atoms with van der Waals surface area (Å²) >= 11 is 5.57. The van der Waals surface area contributed by atoms with Gasteiger partial charge in [-0.15, -0.1) is 0 Å². The molecule has 1 rings (SSSR count). The minimum atomic E-state index is 1.16. The highest BCUT2D eigenvalue weighted by Crippen LogP contribution is 2.10. The standard InChI is InChI=1S/C9H18BrNS/c10-4-1-2-5-11-6-3-8-12-9-7-11/h1-9H2. The molecule has 0 aromatic heterocycles. The van der Waals surface area contributed by atoms with Gasteiger partial charge in [-0.1, -0.05) is 15.9 Å². The summed E-state index contributed by atoms with van der Waals surface area (Å²) < 4.78 is 0. The van der Waals surface area contributed by atoms with E-state index in [9.17, 15) is 0 Å². The third kappa shape index (κ3) is 4.73. The van der Waals surface area contributed by atoms with Gasteiger partial charge in [0.15, 0.2) is 0 Å². The molecule has 1 aliphatic heterocycles. The lowest BCUT2D eigenvalue weighted by Crippen LogP contribution is -2.27. The van der Waals surface area contributed by atoms with Gasteiger partial charge in [-0.2, -0.15) is 11.8 Å². The zero-order valence-corrected chi connectivity index (χ0v) is 10.00. The molecule has 1 saturated heterocycles. The monoisotopic (exact) mass is 251 g/mol. The first-order valence-electron chi connectivity index (χ1n) is 4.79. The molecule has 0 bridgehead atoms. The van der Waals surface area contributed by atoms with Crippen molar-refractivity contribution in [1.29, 1.82) is 0 Å². The SMILES string of the molecule is BrCCCCN1CCCSCC1. The summed E-state index contributed by atoms with van der Waals surface area (Å²) in [4.78, 5) is 2.61. The topological polar surface area (TPSA) is 3.24 Å². The quantitative estimate of drug-likeness (QED) is 0.559. The number of unbranched alkanes of at least 4 members (excludes halogenated alkanes) is 1. The van der Waals surface area contributed by atoms with Crippen molar-refractivity contribution in [2.75, 3.05) is 36.5 Å². The lowest BCUT2D eigenvalue weighted by molar-refractivity contribution is 0.291. The summed E-state index contributed by atoms with van der Waals surface area (Å²) in [7, 11) is 0. The number of halogens is 1. The van der Waals surface area contributed by atoms with E-state index < -0.39 is 0 Å². The molecule has 12 heavy (non-hydrogen) atoms. The summed E-state index contributed by atoms with van der Waals surface area (Å²) in [6, 6.07) is 0. The Hall–Kier alpha value is 0.790. The van der Waals surface area contributed by atoms with E-state index in [2.05, 4.69) is 32.6 Å². The molecule has 3 heteroatoms. The first-order chi connectivity index (χ1) is 5.93. The van der Waals surface area contributed by atoms with Crippen LogP contribution in [0, 0.1) is 0 Å². The third-order valence-electron chi connectivity index (χ3n) is 2.17. The molecule has 1 heterocycles. The lowest BCUT2D eigenvalue weighted by atomic mass is 10.3. The van der Waals surface area contributed by atoms with E-state index in [-0.39, 0.29) is 0 Å². The molecule has 0 N–H and O–H groups in total. The smallest absolute Gasteiger partial charge is 0.00723 e. The Balaban J connectivity index is 2.04.